The van der Waals surface area contributed by atoms with Crippen LogP contribution in [0, 0.1) is 13.8 Å². The predicted molar refractivity (Wildman–Crippen MR) is 93.5 cm³/mol. The first-order chi connectivity index (χ1) is 12.7. The summed E-state index contributed by atoms with van der Waals surface area (Å²) in [5.74, 6) is -0.417. The van der Waals surface area contributed by atoms with E-state index in [0.717, 1.165) is 27.8 Å². The summed E-state index contributed by atoms with van der Waals surface area (Å²) in [6.45, 7) is 3.28. The molecule has 0 atom stereocenters. The zero-order valence-corrected chi connectivity index (χ0v) is 14.8. The highest BCUT2D eigenvalue weighted by Gasteiger charge is 2.28. The lowest BCUT2D eigenvalue weighted by Crippen LogP contribution is -2.18. The molecule has 0 aliphatic rings. The topological polar surface area (TPSA) is 64.7 Å². The van der Waals surface area contributed by atoms with Crippen LogP contribution in [0.25, 0.3) is 0 Å². The second-order valence-electron chi connectivity index (χ2n) is 6.28. The van der Waals surface area contributed by atoms with Gasteiger partial charge in [0.1, 0.15) is 6.54 Å². The highest BCUT2D eigenvalue weighted by molar-refractivity contribution is 6.04. The molecule has 2 heterocycles. The van der Waals surface area contributed by atoms with Crippen molar-refractivity contribution in [1.82, 2.24) is 19.6 Å². The van der Waals surface area contributed by atoms with E-state index in [1.807, 2.05) is 36.7 Å². The SMILES string of the molecule is Cc1cc(C)n(Cc2ccc(C(=O)Nc3cnn(CC(F)(F)F)c3)cc2)n1. The van der Waals surface area contributed by atoms with Gasteiger partial charge in [-0.1, -0.05) is 12.1 Å². The van der Waals surface area contributed by atoms with E-state index >= 15 is 0 Å². The molecule has 1 N–H and O–H groups in total. The molecule has 3 aromatic rings. The van der Waals surface area contributed by atoms with Crippen LogP contribution >= 0.6 is 0 Å². The zero-order chi connectivity index (χ0) is 19.6. The number of carbonyl (C=O) groups excluding carboxylic acids is 1. The van der Waals surface area contributed by atoms with E-state index in [2.05, 4.69) is 15.5 Å². The summed E-state index contributed by atoms with van der Waals surface area (Å²) >= 11 is 0. The number of anilines is 1. The van der Waals surface area contributed by atoms with Crippen LogP contribution in [0.3, 0.4) is 0 Å². The monoisotopic (exact) mass is 377 g/mol. The van der Waals surface area contributed by atoms with E-state index in [9.17, 15) is 18.0 Å². The number of carbonyl (C=O) groups is 1. The number of aromatic nitrogens is 4. The van der Waals surface area contributed by atoms with Crippen molar-refractivity contribution in [3.05, 3.63) is 65.2 Å². The quantitative estimate of drug-likeness (QED) is 0.739. The highest BCUT2D eigenvalue weighted by atomic mass is 19.4. The van der Waals surface area contributed by atoms with Gasteiger partial charge in [-0.25, -0.2) is 0 Å². The van der Waals surface area contributed by atoms with Crippen LogP contribution in [0.1, 0.15) is 27.3 Å². The van der Waals surface area contributed by atoms with Gasteiger partial charge in [0.05, 0.1) is 24.1 Å². The maximum Gasteiger partial charge on any atom is 0.408 e. The Morgan fingerprint density at radius 3 is 2.48 bits per heavy atom. The van der Waals surface area contributed by atoms with Crippen molar-refractivity contribution in [2.75, 3.05) is 5.32 Å². The molecular formula is C18H18F3N5O. The molecule has 0 fully saturated rings. The smallest absolute Gasteiger partial charge is 0.319 e. The summed E-state index contributed by atoms with van der Waals surface area (Å²) < 4.78 is 39.6. The Morgan fingerprint density at radius 2 is 1.89 bits per heavy atom. The number of rotatable bonds is 5. The molecule has 2 aromatic heterocycles. The van der Waals surface area contributed by atoms with Crippen molar-refractivity contribution < 1.29 is 18.0 Å². The number of amides is 1. The molecule has 0 aliphatic carbocycles. The molecule has 0 bridgehead atoms. The third-order valence-corrected chi connectivity index (χ3v) is 3.88. The minimum absolute atomic E-state index is 0.205. The van der Waals surface area contributed by atoms with Crippen molar-refractivity contribution in [2.45, 2.75) is 33.1 Å². The fraction of sp³-hybridized carbons (Fsp3) is 0.278. The summed E-state index contributed by atoms with van der Waals surface area (Å²) in [5.41, 5.74) is 3.57. The number of benzene rings is 1. The highest BCUT2D eigenvalue weighted by Crippen LogP contribution is 2.18. The Balaban J connectivity index is 1.63. The number of nitrogens with zero attached hydrogens (tertiary/aromatic N) is 4. The summed E-state index contributed by atoms with van der Waals surface area (Å²) in [6, 6.07) is 8.95. The van der Waals surface area contributed by atoms with Gasteiger partial charge in [0.15, 0.2) is 0 Å². The molecule has 142 valence electrons. The first-order valence-corrected chi connectivity index (χ1v) is 8.20. The molecule has 9 heteroatoms. The van der Waals surface area contributed by atoms with Gasteiger partial charge in [0, 0.05) is 17.5 Å². The van der Waals surface area contributed by atoms with E-state index in [-0.39, 0.29) is 5.69 Å². The van der Waals surface area contributed by atoms with E-state index in [0.29, 0.717) is 12.1 Å². The van der Waals surface area contributed by atoms with Crippen molar-refractivity contribution in [3.63, 3.8) is 0 Å². The van der Waals surface area contributed by atoms with Gasteiger partial charge in [-0.05, 0) is 37.6 Å². The van der Waals surface area contributed by atoms with Gasteiger partial charge < -0.3 is 5.32 Å². The predicted octanol–water partition coefficient (Wildman–Crippen LogP) is 3.56. The van der Waals surface area contributed by atoms with Gasteiger partial charge in [-0.2, -0.15) is 23.4 Å². The average molecular weight is 377 g/mol. The van der Waals surface area contributed by atoms with Gasteiger partial charge in [-0.15, -0.1) is 0 Å². The Bertz CT molecular complexity index is 941. The second kappa shape index (κ2) is 7.26. The number of hydrogen-bond acceptors (Lipinski definition) is 3. The molecule has 1 aromatic carbocycles. The summed E-state index contributed by atoms with van der Waals surface area (Å²) in [7, 11) is 0. The number of hydrogen-bond donors (Lipinski definition) is 1. The van der Waals surface area contributed by atoms with Gasteiger partial charge in [0.2, 0.25) is 0 Å². The molecule has 1 amide bonds. The molecule has 0 unspecified atom stereocenters. The van der Waals surface area contributed by atoms with Crippen molar-refractivity contribution in [2.24, 2.45) is 0 Å². The maximum atomic E-state index is 12.3. The van der Waals surface area contributed by atoms with Crippen LogP contribution in [-0.4, -0.2) is 31.6 Å². The Hall–Kier alpha value is -3.10. The summed E-state index contributed by atoms with van der Waals surface area (Å²) in [4.78, 5) is 12.2. The molecule has 0 saturated carbocycles. The van der Waals surface area contributed by atoms with Crippen LogP contribution in [0.2, 0.25) is 0 Å². The normalized spacial score (nSPS) is 11.6. The van der Waals surface area contributed by atoms with Gasteiger partial charge >= 0.3 is 6.18 Å². The van der Waals surface area contributed by atoms with Gasteiger partial charge in [0.25, 0.3) is 5.91 Å². The standard InChI is InChI=1S/C18H18F3N5O/c1-12-7-13(2)26(24-12)9-14-3-5-15(6-4-14)17(27)23-16-8-22-25(10-16)11-18(19,20)21/h3-8,10H,9,11H2,1-2H3,(H,23,27). The Morgan fingerprint density at radius 1 is 1.19 bits per heavy atom. The summed E-state index contributed by atoms with van der Waals surface area (Å²) in [6.07, 6.45) is -2.04. The third kappa shape index (κ3) is 4.96. The Kier molecular flexibility index (Phi) is 5.02. The lowest BCUT2D eigenvalue weighted by molar-refractivity contribution is -0.142. The number of aryl methyl sites for hydroxylation is 2. The van der Waals surface area contributed by atoms with Crippen LogP contribution in [-0.2, 0) is 13.1 Å². The number of halogens is 3. The summed E-state index contributed by atoms with van der Waals surface area (Å²) in [5, 5.41) is 10.5. The minimum Gasteiger partial charge on any atom is -0.319 e. The molecule has 3 rings (SSSR count). The minimum atomic E-state index is -4.37. The van der Waals surface area contributed by atoms with Crippen LogP contribution in [0.5, 0.6) is 0 Å². The lowest BCUT2D eigenvalue weighted by Gasteiger charge is -2.07. The van der Waals surface area contributed by atoms with Crippen LogP contribution in [0.4, 0.5) is 18.9 Å². The average Bonchev–Trinajstić information content (AvgIpc) is 3.12. The van der Waals surface area contributed by atoms with Crippen molar-refractivity contribution in [1.29, 1.82) is 0 Å². The third-order valence-electron chi connectivity index (χ3n) is 3.88. The molecule has 6 nitrogen and oxygen atoms in total. The molecular weight excluding hydrogens is 359 g/mol. The molecule has 0 radical (unpaired) electrons. The van der Waals surface area contributed by atoms with E-state index in [1.165, 1.54) is 6.20 Å². The van der Waals surface area contributed by atoms with E-state index in [4.69, 9.17) is 0 Å². The lowest BCUT2D eigenvalue weighted by atomic mass is 10.1. The maximum absolute atomic E-state index is 12.3. The van der Waals surface area contributed by atoms with Crippen molar-refractivity contribution >= 4 is 11.6 Å². The molecule has 0 spiro atoms. The van der Waals surface area contributed by atoms with Crippen molar-refractivity contribution in [3.8, 4) is 0 Å². The van der Waals surface area contributed by atoms with Gasteiger partial charge in [-0.3, -0.25) is 14.2 Å². The van der Waals surface area contributed by atoms with E-state index < -0.39 is 18.6 Å². The second-order valence-corrected chi connectivity index (χ2v) is 6.28. The number of nitrogens with one attached hydrogen (secondary N) is 1. The Labute approximate surface area is 153 Å². The first-order valence-electron chi connectivity index (χ1n) is 8.20. The largest absolute Gasteiger partial charge is 0.408 e. The van der Waals surface area contributed by atoms with Crippen LogP contribution < -0.4 is 5.32 Å². The van der Waals surface area contributed by atoms with Crippen LogP contribution in [0.15, 0.2) is 42.7 Å². The molecule has 0 aliphatic heterocycles. The zero-order valence-electron chi connectivity index (χ0n) is 14.8. The fourth-order valence-electron chi connectivity index (χ4n) is 2.67. The molecule has 0 saturated heterocycles. The van der Waals surface area contributed by atoms with E-state index in [1.54, 1.807) is 12.1 Å². The fourth-order valence-corrected chi connectivity index (χ4v) is 2.67. The first kappa shape index (κ1) is 18.7. The molecule has 27 heavy (non-hydrogen) atoms. The number of alkyl halides is 3.